The Hall–Kier alpha value is -1.51. The minimum atomic E-state index is -0.794. The molecule has 14 heavy (non-hydrogen) atoms. The van der Waals surface area contributed by atoms with Crippen LogP contribution in [0.1, 0.15) is 12.0 Å². The maximum absolute atomic E-state index is 10.7. The molecule has 74 valence electrons. The average Bonchev–Trinajstić information content (AvgIpc) is 2.13. The molecule has 1 saturated heterocycles. The van der Waals surface area contributed by atoms with E-state index in [1.54, 1.807) is 0 Å². The molecule has 0 aliphatic carbocycles. The van der Waals surface area contributed by atoms with E-state index in [2.05, 4.69) is 0 Å². The predicted octanol–water partition coefficient (Wildman–Crippen LogP) is 1.98. The molecule has 2 rings (SSSR count). The Morgan fingerprint density at radius 2 is 2.14 bits per heavy atom. The minimum absolute atomic E-state index is 0.190. The molecule has 1 aromatic carbocycles. The summed E-state index contributed by atoms with van der Waals surface area (Å²) in [6, 6.07) is 10.2. The van der Waals surface area contributed by atoms with Crippen LogP contribution in [-0.2, 0) is 6.42 Å². The molecule has 1 aliphatic heterocycles. The van der Waals surface area contributed by atoms with Gasteiger partial charge in [-0.25, -0.2) is 4.79 Å². The molecule has 0 unspecified atom stereocenters. The molecule has 1 atom stereocenters. The van der Waals surface area contributed by atoms with Gasteiger partial charge in [-0.3, -0.25) is 0 Å². The Labute approximate surface area is 83.0 Å². The van der Waals surface area contributed by atoms with Gasteiger partial charge in [0.15, 0.2) is 0 Å². The van der Waals surface area contributed by atoms with E-state index in [0.717, 1.165) is 12.8 Å². The second kappa shape index (κ2) is 3.70. The van der Waals surface area contributed by atoms with Gasteiger partial charge in [0.2, 0.25) is 0 Å². The molecule has 0 spiro atoms. The largest absolute Gasteiger partial charge is 0.465 e. The molecule has 0 bridgehead atoms. The Morgan fingerprint density at radius 1 is 1.43 bits per heavy atom. The standard InChI is InChI=1S/C11H13NO2/c13-11(14)12-7-6-10(12)8-9-4-2-1-3-5-9/h1-5,10H,6-8H2,(H,13,14)/t10-/m1/s1. The highest BCUT2D eigenvalue weighted by molar-refractivity contribution is 5.66. The summed E-state index contributed by atoms with van der Waals surface area (Å²) in [5.41, 5.74) is 1.21. The summed E-state index contributed by atoms with van der Waals surface area (Å²) >= 11 is 0. The molecule has 0 radical (unpaired) electrons. The third kappa shape index (κ3) is 1.71. The van der Waals surface area contributed by atoms with Crippen molar-refractivity contribution in [3.05, 3.63) is 35.9 Å². The van der Waals surface area contributed by atoms with E-state index in [9.17, 15) is 4.79 Å². The van der Waals surface area contributed by atoms with Gasteiger partial charge in [-0.1, -0.05) is 30.3 Å². The summed E-state index contributed by atoms with van der Waals surface area (Å²) < 4.78 is 0. The number of nitrogens with zero attached hydrogens (tertiary/aromatic N) is 1. The average molecular weight is 191 g/mol. The van der Waals surface area contributed by atoms with Crippen molar-refractivity contribution in [2.24, 2.45) is 0 Å². The third-order valence-corrected chi connectivity index (χ3v) is 2.70. The van der Waals surface area contributed by atoms with Crippen LogP contribution in [0, 0.1) is 0 Å². The normalized spacial score (nSPS) is 20.3. The van der Waals surface area contributed by atoms with Crippen molar-refractivity contribution in [3.8, 4) is 0 Å². The van der Waals surface area contributed by atoms with Gasteiger partial charge in [-0.05, 0) is 18.4 Å². The maximum Gasteiger partial charge on any atom is 0.407 e. The van der Waals surface area contributed by atoms with E-state index in [0.29, 0.717) is 6.54 Å². The SMILES string of the molecule is O=C(O)N1CC[C@@H]1Cc1ccccc1. The smallest absolute Gasteiger partial charge is 0.407 e. The molecule has 1 N–H and O–H groups in total. The lowest BCUT2D eigenvalue weighted by atomic mass is 9.96. The summed E-state index contributed by atoms with van der Waals surface area (Å²) in [7, 11) is 0. The molecule has 0 saturated carbocycles. The van der Waals surface area contributed by atoms with Crippen LogP contribution in [0.3, 0.4) is 0 Å². The summed E-state index contributed by atoms with van der Waals surface area (Å²) in [4.78, 5) is 12.2. The van der Waals surface area contributed by atoms with Crippen molar-refractivity contribution in [1.29, 1.82) is 0 Å². The van der Waals surface area contributed by atoms with Gasteiger partial charge in [0.05, 0.1) is 0 Å². The van der Waals surface area contributed by atoms with Gasteiger partial charge >= 0.3 is 6.09 Å². The fraction of sp³-hybridized carbons (Fsp3) is 0.364. The van der Waals surface area contributed by atoms with Crippen LogP contribution < -0.4 is 0 Å². The van der Waals surface area contributed by atoms with E-state index < -0.39 is 6.09 Å². The molecule has 1 aromatic rings. The lowest BCUT2D eigenvalue weighted by Crippen LogP contribution is -2.51. The second-order valence-electron chi connectivity index (χ2n) is 3.61. The van der Waals surface area contributed by atoms with Crippen LogP contribution in [0.25, 0.3) is 0 Å². The highest BCUT2D eigenvalue weighted by atomic mass is 16.4. The third-order valence-electron chi connectivity index (χ3n) is 2.70. The molecule has 3 heteroatoms. The first-order valence-corrected chi connectivity index (χ1v) is 4.81. The van der Waals surface area contributed by atoms with E-state index >= 15 is 0 Å². The monoisotopic (exact) mass is 191 g/mol. The molecular weight excluding hydrogens is 178 g/mol. The summed E-state index contributed by atoms with van der Waals surface area (Å²) in [5.74, 6) is 0. The van der Waals surface area contributed by atoms with Gasteiger partial charge in [-0.15, -0.1) is 0 Å². The van der Waals surface area contributed by atoms with Crippen molar-refractivity contribution in [2.45, 2.75) is 18.9 Å². The zero-order chi connectivity index (χ0) is 9.97. The Kier molecular flexibility index (Phi) is 2.39. The zero-order valence-corrected chi connectivity index (χ0v) is 7.89. The minimum Gasteiger partial charge on any atom is -0.465 e. The van der Waals surface area contributed by atoms with Crippen LogP contribution in [0.5, 0.6) is 0 Å². The summed E-state index contributed by atoms with van der Waals surface area (Å²) in [6.07, 6.45) is 1.03. The van der Waals surface area contributed by atoms with Gasteiger partial charge in [0.25, 0.3) is 0 Å². The van der Waals surface area contributed by atoms with Crippen LogP contribution in [-0.4, -0.2) is 28.7 Å². The molecule has 1 heterocycles. The number of hydrogen-bond donors (Lipinski definition) is 1. The number of amides is 1. The maximum atomic E-state index is 10.7. The first kappa shape index (κ1) is 9.06. The lowest BCUT2D eigenvalue weighted by Gasteiger charge is -2.38. The Morgan fingerprint density at radius 3 is 2.64 bits per heavy atom. The summed E-state index contributed by atoms with van der Waals surface area (Å²) in [6.45, 7) is 0.687. The van der Waals surface area contributed by atoms with E-state index in [1.165, 1.54) is 10.5 Å². The van der Waals surface area contributed by atoms with Crippen molar-refractivity contribution in [3.63, 3.8) is 0 Å². The lowest BCUT2D eigenvalue weighted by molar-refractivity contribution is 0.0757. The molecule has 1 aliphatic rings. The molecule has 3 nitrogen and oxygen atoms in total. The van der Waals surface area contributed by atoms with Crippen molar-refractivity contribution in [2.75, 3.05) is 6.54 Å². The van der Waals surface area contributed by atoms with Crippen LogP contribution in [0.2, 0.25) is 0 Å². The quantitative estimate of drug-likeness (QED) is 0.776. The number of rotatable bonds is 2. The molecule has 1 amide bonds. The van der Waals surface area contributed by atoms with E-state index in [-0.39, 0.29) is 6.04 Å². The highest BCUT2D eigenvalue weighted by Crippen LogP contribution is 2.21. The molecular formula is C11H13NO2. The van der Waals surface area contributed by atoms with Crippen LogP contribution in [0.4, 0.5) is 4.79 Å². The van der Waals surface area contributed by atoms with Crippen molar-refractivity contribution >= 4 is 6.09 Å². The van der Waals surface area contributed by atoms with Crippen molar-refractivity contribution < 1.29 is 9.90 Å². The molecule has 0 aromatic heterocycles. The molecule has 1 fully saturated rings. The summed E-state index contributed by atoms with van der Waals surface area (Å²) in [5, 5.41) is 8.81. The number of carboxylic acid groups (broad SMARTS) is 1. The number of carbonyl (C=O) groups is 1. The topological polar surface area (TPSA) is 40.5 Å². The number of benzene rings is 1. The van der Waals surface area contributed by atoms with Crippen LogP contribution in [0.15, 0.2) is 30.3 Å². The number of hydrogen-bond acceptors (Lipinski definition) is 1. The second-order valence-corrected chi connectivity index (χ2v) is 3.61. The Balaban J connectivity index is 1.96. The van der Waals surface area contributed by atoms with Crippen molar-refractivity contribution in [1.82, 2.24) is 4.90 Å². The first-order valence-electron chi connectivity index (χ1n) is 4.81. The first-order chi connectivity index (χ1) is 6.77. The van der Waals surface area contributed by atoms with E-state index in [4.69, 9.17) is 5.11 Å². The fourth-order valence-corrected chi connectivity index (χ4v) is 1.79. The predicted molar refractivity (Wildman–Crippen MR) is 53.3 cm³/mol. The van der Waals surface area contributed by atoms with Gasteiger partial charge < -0.3 is 10.0 Å². The zero-order valence-electron chi connectivity index (χ0n) is 7.89. The van der Waals surface area contributed by atoms with Gasteiger partial charge in [0, 0.05) is 12.6 Å². The van der Waals surface area contributed by atoms with E-state index in [1.807, 2.05) is 30.3 Å². The van der Waals surface area contributed by atoms with Gasteiger partial charge in [-0.2, -0.15) is 0 Å². The fourth-order valence-electron chi connectivity index (χ4n) is 1.79. The van der Waals surface area contributed by atoms with Gasteiger partial charge in [0.1, 0.15) is 0 Å². The number of likely N-dealkylation sites (tertiary alicyclic amines) is 1. The van der Waals surface area contributed by atoms with Crippen LogP contribution >= 0.6 is 0 Å². The highest BCUT2D eigenvalue weighted by Gasteiger charge is 2.31. The Bertz CT molecular complexity index is 323.